The summed E-state index contributed by atoms with van der Waals surface area (Å²) in [6.07, 6.45) is 0.175. The second-order valence-corrected chi connectivity index (χ2v) is 14.6. The summed E-state index contributed by atoms with van der Waals surface area (Å²) in [5.74, 6) is -0.190. The van der Waals surface area contributed by atoms with Crippen molar-refractivity contribution in [2.45, 2.75) is 44.7 Å². The van der Waals surface area contributed by atoms with E-state index in [9.17, 15) is 22.4 Å². The van der Waals surface area contributed by atoms with Gasteiger partial charge in [-0.25, -0.2) is 12.8 Å². The number of carbonyl (C=O) groups excluding carboxylic acids is 2. The van der Waals surface area contributed by atoms with E-state index in [0.717, 1.165) is 15.4 Å². The van der Waals surface area contributed by atoms with Gasteiger partial charge in [0.25, 0.3) is 10.0 Å². The van der Waals surface area contributed by atoms with Crippen molar-refractivity contribution in [2.75, 3.05) is 17.4 Å². The summed E-state index contributed by atoms with van der Waals surface area (Å²) in [5, 5.41) is 2.97. The van der Waals surface area contributed by atoms with Crippen LogP contribution in [0.2, 0.25) is 0 Å². The number of nitrogens with zero attached hydrogens (tertiary/aromatic N) is 2. The van der Waals surface area contributed by atoms with E-state index in [1.54, 1.807) is 60.7 Å². The van der Waals surface area contributed by atoms with Crippen molar-refractivity contribution in [1.29, 1.82) is 0 Å². The van der Waals surface area contributed by atoms with Crippen LogP contribution in [0, 0.1) is 18.7 Å². The van der Waals surface area contributed by atoms with Crippen LogP contribution in [0.15, 0.2) is 138 Å². The zero-order chi connectivity index (χ0) is 36.4. The van der Waals surface area contributed by atoms with E-state index in [1.807, 2.05) is 69.3 Å². The molecular weight excluding hydrogens is 666 g/mol. The maximum Gasteiger partial charge on any atom is 0.264 e. The molecule has 0 spiro atoms. The van der Waals surface area contributed by atoms with Crippen LogP contribution in [0.1, 0.15) is 30.5 Å². The van der Waals surface area contributed by atoms with Crippen molar-refractivity contribution in [2.24, 2.45) is 5.92 Å². The van der Waals surface area contributed by atoms with E-state index in [-0.39, 0.29) is 35.4 Å². The minimum absolute atomic E-state index is 0.00566. The minimum Gasteiger partial charge on any atom is -0.457 e. The minimum atomic E-state index is -4.28. The lowest BCUT2D eigenvalue weighted by atomic mass is 10.0. The summed E-state index contributed by atoms with van der Waals surface area (Å²) in [7, 11) is -4.28. The maximum absolute atomic E-state index is 14.7. The van der Waals surface area contributed by atoms with E-state index in [1.165, 1.54) is 29.2 Å². The number of amides is 2. The third kappa shape index (κ3) is 10.0. The van der Waals surface area contributed by atoms with Crippen LogP contribution in [0.4, 0.5) is 10.1 Å². The van der Waals surface area contributed by atoms with Crippen molar-refractivity contribution in [3.63, 3.8) is 0 Å². The fourth-order valence-electron chi connectivity index (χ4n) is 5.43. The predicted molar refractivity (Wildman–Crippen MR) is 197 cm³/mol. The molecule has 10 heteroatoms. The van der Waals surface area contributed by atoms with Gasteiger partial charge in [0.05, 0.1) is 10.6 Å². The number of nitrogens with one attached hydrogen (secondary N) is 1. The van der Waals surface area contributed by atoms with E-state index >= 15 is 0 Å². The number of ether oxygens (including phenoxy) is 1. The lowest BCUT2D eigenvalue weighted by Gasteiger charge is -2.34. The Morgan fingerprint density at radius 3 is 1.94 bits per heavy atom. The van der Waals surface area contributed by atoms with Crippen molar-refractivity contribution >= 4 is 27.5 Å². The zero-order valence-electron chi connectivity index (χ0n) is 28.9. The molecule has 0 unspecified atom stereocenters. The highest BCUT2D eigenvalue weighted by molar-refractivity contribution is 7.92. The van der Waals surface area contributed by atoms with Crippen LogP contribution in [-0.4, -0.2) is 44.3 Å². The van der Waals surface area contributed by atoms with Gasteiger partial charge in [-0.2, -0.15) is 0 Å². The standard InChI is InChI=1S/C41H42FN3O5S/c1-30(2)27-43-41(47)39(26-32-10-6-4-7-11-32)44(28-33-16-18-34(42)19-17-33)40(46)29-45(51(48,49)38-24-14-31(3)15-25-38)35-20-22-37(23-21-35)50-36-12-8-5-9-13-36/h4-25,30,39H,26-29H2,1-3H3,(H,43,47)/t39-/m0/s1. The highest BCUT2D eigenvalue weighted by Gasteiger charge is 2.34. The van der Waals surface area contributed by atoms with Crippen LogP contribution in [-0.2, 0) is 32.6 Å². The van der Waals surface area contributed by atoms with Gasteiger partial charge in [0.15, 0.2) is 0 Å². The van der Waals surface area contributed by atoms with Crippen LogP contribution < -0.4 is 14.4 Å². The largest absolute Gasteiger partial charge is 0.457 e. The maximum atomic E-state index is 14.7. The molecule has 0 aromatic heterocycles. The zero-order valence-corrected chi connectivity index (χ0v) is 29.7. The molecule has 0 aliphatic carbocycles. The molecule has 51 heavy (non-hydrogen) atoms. The molecule has 5 rings (SSSR count). The Bertz CT molecular complexity index is 1990. The normalized spacial score (nSPS) is 11.9. The first-order chi connectivity index (χ1) is 24.5. The van der Waals surface area contributed by atoms with Crippen molar-refractivity contribution < 1.29 is 27.1 Å². The molecule has 1 N–H and O–H groups in total. The van der Waals surface area contributed by atoms with Gasteiger partial charge in [0, 0.05) is 19.5 Å². The van der Waals surface area contributed by atoms with Crippen molar-refractivity contribution in [3.05, 3.63) is 156 Å². The Labute approximate surface area is 299 Å². The Hall–Kier alpha value is -5.48. The molecule has 0 fully saturated rings. The molecular formula is C41H42FN3O5S. The molecule has 0 aliphatic heterocycles. The topological polar surface area (TPSA) is 96.0 Å². The summed E-state index contributed by atoms with van der Waals surface area (Å²) in [6.45, 7) is 5.50. The number of para-hydroxylation sites is 1. The van der Waals surface area contributed by atoms with Gasteiger partial charge in [-0.1, -0.05) is 92.2 Å². The summed E-state index contributed by atoms with van der Waals surface area (Å²) in [5.41, 5.74) is 2.50. The van der Waals surface area contributed by atoms with Gasteiger partial charge in [-0.05, 0) is 84.6 Å². The van der Waals surface area contributed by atoms with Gasteiger partial charge >= 0.3 is 0 Å². The monoisotopic (exact) mass is 707 g/mol. The van der Waals surface area contributed by atoms with Crippen molar-refractivity contribution in [3.8, 4) is 11.5 Å². The van der Waals surface area contributed by atoms with E-state index < -0.39 is 34.3 Å². The fraction of sp³-hybridized carbons (Fsp3) is 0.220. The predicted octanol–water partition coefficient (Wildman–Crippen LogP) is 7.53. The van der Waals surface area contributed by atoms with Gasteiger partial charge in [0.2, 0.25) is 11.8 Å². The lowest BCUT2D eigenvalue weighted by molar-refractivity contribution is -0.140. The molecule has 5 aromatic carbocycles. The Kier molecular flexibility index (Phi) is 12.2. The molecule has 0 heterocycles. The molecule has 0 saturated carbocycles. The summed E-state index contributed by atoms with van der Waals surface area (Å²) >= 11 is 0. The molecule has 264 valence electrons. The first kappa shape index (κ1) is 36.8. The number of anilines is 1. The number of aryl methyl sites for hydroxylation is 1. The van der Waals surface area contributed by atoms with Gasteiger partial charge in [-0.3, -0.25) is 13.9 Å². The third-order valence-corrected chi connectivity index (χ3v) is 10.0. The average molecular weight is 708 g/mol. The fourth-order valence-corrected chi connectivity index (χ4v) is 6.85. The quantitative estimate of drug-likeness (QED) is 0.121. The first-order valence-corrected chi connectivity index (χ1v) is 18.2. The molecule has 5 aromatic rings. The number of sulfonamides is 1. The number of hydrogen-bond donors (Lipinski definition) is 1. The smallest absolute Gasteiger partial charge is 0.264 e. The number of rotatable bonds is 15. The van der Waals surface area contributed by atoms with Crippen molar-refractivity contribution in [1.82, 2.24) is 10.2 Å². The molecule has 0 bridgehead atoms. The molecule has 2 amide bonds. The van der Waals surface area contributed by atoms with E-state index in [0.29, 0.717) is 23.6 Å². The molecule has 0 aliphatic rings. The Morgan fingerprint density at radius 2 is 1.33 bits per heavy atom. The highest BCUT2D eigenvalue weighted by atomic mass is 32.2. The molecule has 0 saturated heterocycles. The number of benzene rings is 5. The summed E-state index contributed by atoms with van der Waals surface area (Å²) in [6, 6.07) is 36.0. The number of hydrogen-bond acceptors (Lipinski definition) is 5. The van der Waals surface area contributed by atoms with E-state index in [2.05, 4.69) is 5.32 Å². The number of carbonyl (C=O) groups is 2. The summed E-state index contributed by atoms with van der Waals surface area (Å²) < 4.78 is 49.6. The van der Waals surface area contributed by atoms with Gasteiger partial charge in [0.1, 0.15) is 29.9 Å². The van der Waals surface area contributed by atoms with Gasteiger partial charge in [-0.15, -0.1) is 0 Å². The number of halogens is 1. The van der Waals surface area contributed by atoms with Crippen LogP contribution in [0.3, 0.4) is 0 Å². The first-order valence-electron chi connectivity index (χ1n) is 16.8. The second-order valence-electron chi connectivity index (χ2n) is 12.7. The highest BCUT2D eigenvalue weighted by Crippen LogP contribution is 2.29. The SMILES string of the molecule is Cc1ccc(S(=O)(=O)N(CC(=O)N(Cc2ccc(F)cc2)[C@@H](Cc2ccccc2)C(=O)NCC(C)C)c2ccc(Oc3ccccc3)cc2)cc1. The second kappa shape index (κ2) is 17.0. The van der Waals surface area contributed by atoms with Gasteiger partial charge < -0.3 is 15.0 Å². The Balaban J connectivity index is 1.55. The van der Waals surface area contributed by atoms with E-state index in [4.69, 9.17) is 4.74 Å². The van der Waals surface area contributed by atoms with Crippen LogP contribution in [0.5, 0.6) is 11.5 Å². The summed E-state index contributed by atoms with van der Waals surface area (Å²) in [4.78, 5) is 30.0. The molecule has 8 nitrogen and oxygen atoms in total. The van der Waals surface area contributed by atoms with Crippen LogP contribution >= 0.6 is 0 Å². The Morgan fingerprint density at radius 1 is 0.745 bits per heavy atom. The lowest BCUT2D eigenvalue weighted by Crippen LogP contribution is -2.53. The average Bonchev–Trinajstić information content (AvgIpc) is 3.13. The third-order valence-electron chi connectivity index (χ3n) is 8.21. The molecule has 0 radical (unpaired) electrons. The van der Waals surface area contributed by atoms with Crippen LogP contribution in [0.25, 0.3) is 0 Å². The molecule has 1 atom stereocenters.